The van der Waals surface area contributed by atoms with Gasteiger partial charge in [-0.3, -0.25) is 4.79 Å². The molecule has 0 aliphatic carbocycles. The standard InChI is InChI=1S/C14H22N2O3S2/c1-9(2)5-12(14(18)19-4)16-13(17)8-20-6-11-7-21-10(3)15-11/h7,9,12H,5-6,8H2,1-4H3,(H,16,17). The lowest BCUT2D eigenvalue weighted by Crippen LogP contribution is -2.43. The van der Waals surface area contributed by atoms with Gasteiger partial charge in [-0.15, -0.1) is 23.1 Å². The molecule has 0 fully saturated rings. The van der Waals surface area contributed by atoms with Gasteiger partial charge in [-0.25, -0.2) is 9.78 Å². The van der Waals surface area contributed by atoms with Gasteiger partial charge in [-0.05, 0) is 19.3 Å². The molecule has 1 rings (SSSR count). The summed E-state index contributed by atoms with van der Waals surface area (Å²) in [5.41, 5.74) is 0.988. The van der Waals surface area contributed by atoms with E-state index in [9.17, 15) is 9.59 Å². The molecule has 1 N–H and O–H groups in total. The number of rotatable bonds is 8. The molecule has 1 amide bonds. The third-order valence-corrected chi connectivity index (χ3v) is 4.47. The van der Waals surface area contributed by atoms with Crippen molar-refractivity contribution in [2.45, 2.75) is 39.0 Å². The van der Waals surface area contributed by atoms with Gasteiger partial charge in [0.25, 0.3) is 0 Å². The molecule has 118 valence electrons. The second-order valence-electron chi connectivity index (χ2n) is 5.12. The number of aryl methyl sites for hydroxylation is 1. The van der Waals surface area contributed by atoms with Crippen molar-refractivity contribution in [1.29, 1.82) is 0 Å². The van der Waals surface area contributed by atoms with Crippen LogP contribution < -0.4 is 5.32 Å². The van der Waals surface area contributed by atoms with Crippen molar-refractivity contribution in [2.75, 3.05) is 12.9 Å². The maximum atomic E-state index is 11.9. The topological polar surface area (TPSA) is 68.3 Å². The van der Waals surface area contributed by atoms with Crippen molar-refractivity contribution in [3.8, 4) is 0 Å². The van der Waals surface area contributed by atoms with Gasteiger partial charge in [0, 0.05) is 11.1 Å². The third kappa shape index (κ3) is 6.95. The number of nitrogens with zero attached hydrogens (tertiary/aromatic N) is 1. The molecule has 0 saturated heterocycles. The van der Waals surface area contributed by atoms with E-state index < -0.39 is 12.0 Å². The lowest BCUT2D eigenvalue weighted by molar-refractivity contribution is -0.145. The molecule has 1 unspecified atom stereocenters. The number of thioether (sulfide) groups is 1. The number of carbonyl (C=O) groups is 2. The number of thiazole rings is 1. The first-order chi connectivity index (χ1) is 9.92. The average Bonchev–Trinajstić information content (AvgIpc) is 2.82. The van der Waals surface area contributed by atoms with Crippen LogP contribution in [0.2, 0.25) is 0 Å². The molecule has 7 heteroatoms. The highest BCUT2D eigenvalue weighted by Gasteiger charge is 2.22. The number of aromatic nitrogens is 1. The van der Waals surface area contributed by atoms with Crippen LogP contribution in [-0.4, -0.2) is 35.8 Å². The highest BCUT2D eigenvalue weighted by molar-refractivity contribution is 7.99. The van der Waals surface area contributed by atoms with E-state index in [0.717, 1.165) is 10.7 Å². The Labute approximate surface area is 133 Å². The second-order valence-corrected chi connectivity index (χ2v) is 7.17. The molecule has 1 aromatic rings. The zero-order valence-electron chi connectivity index (χ0n) is 12.8. The minimum Gasteiger partial charge on any atom is -0.467 e. The first-order valence-corrected chi connectivity index (χ1v) is 8.81. The summed E-state index contributed by atoms with van der Waals surface area (Å²) in [7, 11) is 1.33. The van der Waals surface area contributed by atoms with Gasteiger partial charge in [0.1, 0.15) is 6.04 Å². The van der Waals surface area contributed by atoms with Crippen LogP contribution in [0.1, 0.15) is 31.0 Å². The first-order valence-electron chi connectivity index (χ1n) is 6.78. The Morgan fingerprint density at radius 3 is 2.71 bits per heavy atom. The normalized spacial score (nSPS) is 12.2. The molecular weight excluding hydrogens is 308 g/mol. The smallest absolute Gasteiger partial charge is 0.328 e. The number of hydrogen-bond acceptors (Lipinski definition) is 6. The van der Waals surface area contributed by atoms with Crippen LogP contribution >= 0.6 is 23.1 Å². The van der Waals surface area contributed by atoms with Gasteiger partial charge < -0.3 is 10.1 Å². The van der Waals surface area contributed by atoms with E-state index in [1.54, 1.807) is 11.3 Å². The summed E-state index contributed by atoms with van der Waals surface area (Å²) in [5.74, 6) is 0.771. The van der Waals surface area contributed by atoms with Gasteiger partial charge in [0.15, 0.2) is 0 Å². The monoisotopic (exact) mass is 330 g/mol. The average molecular weight is 330 g/mol. The number of carbonyl (C=O) groups excluding carboxylic acids is 2. The molecule has 21 heavy (non-hydrogen) atoms. The van der Waals surface area contributed by atoms with Crippen molar-refractivity contribution in [3.63, 3.8) is 0 Å². The molecule has 1 heterocycles. The Balaban J connectivity index is 2.37. The first kappa shape index (κ1) is 18.0. The number of nitrogens with one attached hydrogen (secondary N) is 1. The summed E-state index contributed by atoms with van der Waals surface area (Å²) < 4.78 is 4.72. The Morgan fingerprint density at radius 1 is 1.48 bits per heavy atom. The molecular formula is C14H22N2O3S2. The molecule has 0 saturated carbocycles. The summed E-state index contributed by atoms with van der Waals surface area (Å²) >= 11 is 3.09. The van der Waals surface area contributed by atoms with Crippen LogP contribution in [0, 0.1) is 12.8 Å². The van der Waals surface area contributed by atoms with E-state index in [-0.39, 0.29) is 5.91 Å². The zero-order valence-corrected chi connectivity index (χ0v) is 14.5. The number of ether oxygens (including phenoxy) is 1. The van der Waals surface area contributed by atoms with E-state index in [2.05, 4.69) is 10.3 Å². The van der Waals surface area contributed by atoms with Gasteiger partial charge in [0.2, 0.25) is 5.91 Å². The van der Waals surface area contributed by atoms with E-state index in [4.69, 9.17) is 4.74 Å². The minimum atomic E-state index is -0.565. The minimum absolute atomic E-state index is 0.150. The van der Waals surface area contributed by atoms with Crippen LogP contribution in [0.4, 0.5) is 0 Å². The molecule has 0 aromatic carbocycles. The largest absolute Gasteiger partial charge is 0.467 e. The van der Waals surface area contributed by atoms with Gasteiger partial charge in [0.05, 0.1) is 23.6 Å². The van der Waals surface area contributed by atoms with E-state index in [0.29, 0.717) is 23.8 Å². The lowest BCUT2D eigenvalue weighted by Gasteiger charge is -2.18. The Bertz CT molecular complexity index is 475. The molecule has 1 aromatic heterocycles. The highest BCUT2D eigenvalue weighted by atomic mass is 32.2. The van der Waals surface area contributed by atoms with Crippen LogP contribution in [0.5, 0.6) is 0 Å². The molecule has 0 bridgehead atoms. The maximum Gasteiger partial charge on any atom is 0.328 e. The number of esters is 1. The van der Waals surface area contributed by atoms with E-state index in [1.807, 2.05) is 26.2 Å². The molecule has 0 aliphatic heterocycles. The van der Waals surface area contributed by atoms with Crippen molar-refractivity contribution >= 4 is 35.0 Å². The van der Waals surface area contributed by atoms with Crippen LogP contribution in [-0.2, 0) is 20.1 Å². The second kappa shape index (κ2) is 9.04. The summed E-state index contributed by atoms with van der Waals surface area (Å²) in [6, 6.07) is -0.565. The Hall–Kier alpha value is -1.08. The quantitative estimate of drug-likeness (QED) is 0.741. The molecule has 1 atom stereocenters. The van der Waals surface area contributed by atoms with Crippen molar-refractivity contribution in [1.82, 2.24) is 10.3 Å². The fraction of sp³-hybridized carbons (Fsp3) is 0.643. The third-order valence-electron chi connectivity index (χ3n) is 2.68. The van der Waals surface area contributed by atoms with Crippen LogP contribution in [0.25, 0.3) is 0 Å². The maximum absolute atomic E-state index is 11.9. The van der Waals surface area contributed by atoms with Crippen molar-refractivity contribution in [2.24, 2.45) is 5.92 Å². The summed E-state index contributed by atoms with van der Waals surface area (Å²) in [6.07, 6.45) is 0.578. The molecule has 0 radical (unpaired) electrons. The summed E-state index contributed by atoms with van der Waals surface area (Å²) in [5, 5.41) is 5.76. The van der Waals surface area contributed by atoms with E-state index >= 15 is 0 Å². The van der Waals surface area contributed by atoms with E-state index in [1.165, 1.54) is 18.9 Å². The number of amides is 1. The lowest BCUT2D eigenvalue weighted by atomic mass is 10.0. The molecule has 0 spiro atoms. The van der Waals surface area contributed by atoms with Gasteiger partial charge in [-0.1, -0.05) is 13.8 Å². The zero-order chi connectivity index (χ0) is 15.8. The Kier molecular flexibility index (Phi) is 7.74. The van der Waals surface area contributed by atoms with Crippen LogP contribution in [0.3, 0.4) is 0 Å². The van der Waals surface area contributed by atoms with Crippen molar-refractivity contribution in [3.05, 3.63) is 16.1 Å². The number of hydrogen-bond donors (Lipinski definition) is 1. The Morgan fingerprint density at radius 2 is 2.19 bits per heavy atom. The van der Waals surface area contributed by atoms with Gasteiger partial charge >= 0.3 is 5.97 Å². The summed E-state index contributed by atoms with van der Waals surface area (Å²) in [4.78, 5) is 27.9. The van der Waals surface area contributed by atoms with Crippen LogP contribution in [0.15, 0.2) is 5.38 Å². The fourth-order valence-corrected chi connectivity index (χ4v) is 3.23. The molecule has 5 nitrogen and oxygen atoms in total. The summed E-state index contributed by atoms with van der Waals surface area (Å²) in [6.45, 7) is 5.96. The fourth-order valence-electron chi connectivity index (χ4n) is 1.79. The molecule has 0 aliphatic rings. The van der Waals surface area contributed by atoms with Crippen molar-refractivity contribution < 1.29 is 14.3 Å². The van der Waals surface area contributed by atoms with Gasteiger partial charge in [-0.2, -0.15) is 0 Å². The SMILES string of the molecule is COC(=O)C(CC(C)C)NC(=O)CSCc1csc(C)n1. The number of methoxy groups -OCH3 is 1. The highest BCUT2D eigenvalue weighted by Crippen LogP contribution is 2.15. The predicted molar refractivity (Wildman–Crippen MR) is 86.4 cm³/mol. The predicted octanol–water partition coefficient (Wildman–Crippen LogP) is 2.39.